The Morgan fingerprint density at radius 1 is 1.12 bits per heavy atom. The van der Waals surface area contributed by atoms with Gasteiger partial charge in [-0.1, -0.05) is 26.0 Å². The molecule has 0 bridgehead atoms. The minimum atomic E-state index is -0.932. The number of hydrogen-bond donors (Lipinski definition) is 2. The molecule has 3 nitrogen and oxygen atoms in total. The summed E-state index contributed by atoms with van der Waals surface area (Å²) < 4.78 is 0. The smallest absolute Gasteiger partial charge is 0.335 e. The van der Waals surface area contributed by atoms with E-state index in [0.29, 0.717) is 10.9 Å². The summed E-state index contributed by atoms with van der Waals surface area (Å²) in [5.74, 6) is -0.660. The molecule has 17 heavy (non-hydrogen) atoms. The van der Waals surface area contributed by atoms with Crippen molar-refractivity contribution in [2.45, 2.75) is 19.8 Å². The third kappa shape index (κ3) is 1.84. The average molecular weight is 230 g/mol. The Kier molecular flexibility index (Phi) is 2.76. The first-order chi connectivity index (χ1) is 8.02. The summed E-state index contributed by atoms with van der Waals surface area (Å²) in [7, 11) is 0. The molecule has 0 atom stereocenters. The first kappa shape index (κ1) is 11.5. The molecule has 0 spiro atoms. The molecule has 2 rings (SSSR count). The van der Waals surface area contributed by atoms with Crippen LogP contribution in [0.15, 0.2) is 30.3 Å². The van der Waals surface area contributed by atoms with Crippen molar-refractivity contribution < 1.29 is 15.0 Å². The first-order valence-corrected chi connectivity index (χ1v) is 5.50. The maximum absolute atomic E-state index is 11.2. The highest BCUT2D eigenvalue weighted by Gasteiger charge is 2.16. The maximum atomic E-state index is 11.2. The zero-order chi connectivity index (χ0) is 12.6. The molecule has 0 amide bonds. The van der Waals surface area contributed by atoms with Crippen LogP contribution in [0.1, 0.15) is 35.7 Å². The monoisotopic (exact) mass is 230 g/mol. The standard InChI is InChI=1S/C14H14O3/c1-8(2)13-10-4-3-5-12(15)9(10)6-7-11(13)14(16)17/h3-8,15H,1-2H3,(H,16,17). The summed E-state index contributed by atoms with van der Waals surface area (Å²) in [6, 6.07) is 8.39. The van der Waals surface area contributed by atoms with Gasteiger partial charge in [-0.25, -0.2) is 4.79 Å². The lowest BCUT2D eigenvalue weighted by atomic mass is 9.91. The fourth-order valence-corrected chi connectivity index (χ4v) is 2.17. The Morgan fingerprint density at radius 2 is 1.82 bits per heavy atom. The number of carbonyl (C=O) groups is 1. The van der Waals surface area contributed by atoms with E-state index < -0.39 is 5.97 Å². The zero-order valence-corrected chi connectivity index (χ0v) is 9.77. The number of carboxylic acids is 1. The normalized spacial score (nSPS) is 11.0. The van der Waals surface area contributed by atoms with Crippen molar-refractivity contribution in [1.29, 1.82) is 0 Å². The van der Waals surface area contributed by atoms with Gasteiger partial charge in [0.25, 0.3) is 0 Å². The molecule has 2 aromatic carbocycles. The minimum Gasteiger partial charge on any atom is -0.507 e. The molecular weight excluding hydrogens is 216 g/mol. The summed E-state index contributed by atoms with van der Waals surface area (Å²) in [6.45, 7) is 3.90. The van der Waals surface area contributed by atoms with Gasteiger partial charge in [0.05, 0.1) is 5.56 Å². The molecule has 2 N–H and O–H groups in total. The van der Waals surface area contributed by atoms with E-state index in [4.69, 9.17) is 0 Å². The molecule has 0 saturated carbocycles. The van der Waals surface area contributed by atoms with Gasteiger partial charge >= 0.3 is 5.97 Å². The number of phenolic OH excluding ortho intramolecular Hbond substituents is 1. The number of aromatic carboxylic acids is 1. The fourth-order valence-electron chi connectivity index (χ4n) is 2.17. The molecule has 0 saturated heterocycles. The number of fused-ring (bicyclic) bond motifs is 1. The van der Waals surface area contributed by atoms with Crippen LogP contribution >= 0.6 is 0 Å². The SMILES string of the molecule is CC(C)c1c(C(=O)O)ccc2c(O)cccc12. The van der Waals surface area contributed by atoms with Crippen LogP contribution in [0.4, 0.5) is 0 Å². The number of rotatable bonds is 2. The summed E-state index contributed by atoms with van der Waals surface area (Å²) in [5, 5.41) is 20.4. The van der Waals surface area contributed by atoms with Crippen molar-refractivity contribution in [3.05, 3.63) is 41.5 Å². The first-order valence-electron chi connectivity index (χ1n) is 5.50. The van der Waals surface area contributed by atoms with Gasteiger partial charge < -0.3 is 10.2 Å². The molecule has 0 unspecified atom stereocenters. The Hall–Kier alpha value is -2.03. The number of aromatic hydroxyl groups is 1. The highest BCUT2D eigenvalue weighted by molar-refractivity contribution is 6.00. The van der Waals surface area contributed by atoms with Crippen molar-refractivity contribution in [2.75, 3.05) is 0 Å². The lowest BCUT2D eigenvalue weighted by Crippen LogP contribution is -2.04. The van der Waals surface area contributed by atoms with Gasteiger partial charge in [-0.2, -0.15) is 0 Å². The molecule has 3 heteroatoms. The van der Waals surface area contributed by atoms with Gasteiger partial charge in [-0.15, -0.1) is 0 Å². The van der Waals surface area contributed by atoms with Gasteiger partial charge in [-0.05, 0) is 35.1 Å². The van der Waals surface area contributed by atoms with Crippen LogP contribution in [0.5, 0.6) is 5.75 Å². The predicted octanol–water partition coefficient (Wildman–Crippen LogP) is 3.37. The average Bonchev–Trinajstić information content (AvgIpc) is 2.27. The van der Waals surface area contributed by atoms with Gasteiger partial charge in [0, 0.05) is 5.39 Å². The highest BCUT2D eigenvalue weighted by Crippen LogP contribution is 2.33. The summed E-state index contributed by atoms with van der Waals surface area (Å²) in [4.78, 5) is 11.2. The van der Waals surface area contributed by atoms with Crippen LogP contribution < -0.4 is 0 Å². The summed E-state index contributed by atoms with van der Waals surface area (Å²) in [5.41, 5.74) is 1.07. The van der Waals surface area contributed by atoms with E-state index in [1.807, 2.05) is 19.9 Å². The van der Waals surface area contributed by atoms with Crippen molar-refractivity contribution in [3.8, 4) is 5.75 Å². The molecule has 0 aromatic heterocycles. The highest BCUT2D eigenvalue weighted by atomic mass is 16.4. The van der Waals surface area contributed by atoms with Crippen LogP contribution in [0.25, 0.3) is 10.8 Å². The molecule has 0 radical (unpaired) electrons. The van der Waals surface area contributed by atoms with Crippen molar-refractivity contribution in [1.82, 2.24) is 0 Å². The van der Waals surface area contributed by atoms with E-state index in [2.05, 4.69) is 0 Å². The second kappa shape index (κ2) is 4.09. The van der Waals surface area contributed by atoms with E-state index in [1.54, 1.807) is 24.3 Å². The van der Waals surface area contributed by atoms with Gasteiger partial charge in [-0.3, -0.25) is 0 Å². The Labute approximate surface area is 99.3 Å². The molecule has 0 aliphatic carbocycles. The number of phenols is 1. The number of benzene rings is 2. The minimum absolute atomic E-state index is 0.0894. The van der Waals surface area contributed by atoms with Crippen LogP contribution in [-0.2, 0) is 0 Å². The van der Waals surface area contributed by atoms with E-state index in [-0.39, 0.29) is 11.7 Å². The third-order valence-corrected chi connectivity index (χ3v) is 2.89. The third-order valence-electron chi connectivity index (χ3n) is 2.89. The van der Waals surface area contributed by atoms with E-state index in [9.17, 15) is 15.0 Å². The molecule has 88 valence electrons. The second-order valence-electron chi connectivity index (χ2n) is 4.36. The largest absolute Gasteiger partial charge is 0.507 e. The molecule has 2 aromatic rings. The van der Waals surface area contributed by atoms with Crippen molar-refractivity contribution >= 4 is 16.7 Å². The summed E-state index contributed by atoms with van der Waals surface area (Å²) in [6.07, 6.45) is 0. The Bertz CT molecular complexity index is 585. The lowest BCUT2D eigenvalue weighted by molar-refractivity contribution is 0.0695. The molecule has 0 heterocycles. The Balaban J connectivity index is 2.89. The lowest BCUT2D eigenvalue weighted by Gasteiger charge is -2.14. The predicted molar refractivity (Wildman–Crippen MR) is 66.7 cm³/mol. The van der Waals surface area contributed by atoms with Gasteiger partial charge in [0.15, 0.2) is 0 Å². The number of carboxylic acid groups (broad SMARTS) is 1. The van der Waals surface area contributed by atoms with Crippen LogP contribution in [0, 0.1) is 0 Å². The van der Waals surface area contributed by atoms with Crippen LogP contribution in [0.3, 0.4) is 0 Å². The number of hydrogen-bond acceptors (Lipinski definition) is 2. The van der Waals surface area contributed by atoms with Crippen LogP contribution in [0.2, 0.25) is 0 Å². The summed E-state index contributed by atoms with van der Waals surface area (Å²) >= 11 is 0. The van der Waals surface area contributed by atoms with Crippen molar-refractivity contribution in [3.63, 3.8) is 0 Å². The maximum Gasteiger partial charge on any atom is 0.335 e. The second-order valence-corrected chi connectivity index (χ2v) is 4.36. The van der Waals surface area contributed by atoms with Crippen molar-refractivity contribution in [2.24, 2.45) is 0 Å². The Morgan fingerprint density at radius 3 is 2.41 bits per heavy atom. The van der Waals surface area contributed by atoms with E-state index in [1.165, 1.54) is 0 Å². The zero-order valence-electron chi connectivity index (χ0n) is 9.77. The fraction of sp³-hybridized carbons (Fsp3) is 0.214. The van der Waals surface area contributed by atoms with Crippen LogP contribution in [-0.4, -0.2) is 16.2 Å². The quantitative estimate of drug-likeness (QED) is 0.831. The van der Waals surface area contributed by atoms with E-state index in [0.717, 1.165) is 10.9 Å². The molecule has 0 fully saturated rings. The molecular formula is C14H14O3. The van der Waals surface area contributed by atoms with Gasteiger partial charge in [0.2, 0.25) is 0 Å². The molecule has 0 aliphatic heterocycles. The topological polar surface area (TPSA) is 57.5 Å². The van der Waals surface area contributed by atoms with E-state index >= 15 is 0 Å². The van der Waals surface area contributed by atoms with Gasteiger partial charge in [0.1, 0.15) is 5.75 Å². The molecule has 0 aliphatic rings.